The number of imide groups is 1. The molecule has 3 aliphatic rings. The molecule has 7 nitrogen and oxygen atoms in total. The first-order valence-corrected chi connectivity index (χ1v) is 7.97. The zero-order valence-corrected chi connectivity index (χ0v) is 14.2. The number of nitrogens with two attached hydrogens (primary N) is 1. The average Bonchev–Trinajstić information content (AvgIpc) is 3.12. The van der Waals surface area contributed by atoms with Gasteiger partial charge in [-0.3, -0.25) is 19.3 Å². The Kier molecular flexibility index (Phi) is 5.33. The highest BCUT2D eigenvalue weighted by atomic mass is 35.5. The van der Waals surface area contributed by atoms with Crippen LogP contribution >= 0.6 is 12.4 Å². The Bertz CT molecular complexity index is 485. The summed E-state index contributed by atoms with van der Waals surface area (Å²) in [5.41, 5.74) is 5.64. The van der Waals surface area contributed by atoms with Crippen LogP contribution in [0.3, 0.4) is 0 Å². The first-order chi connectivity index (χ1) is 10.4. The molecule has 0 radical (unpaired) electrons. The number of hydrogen-bond acceptors (Lipinski definition) is 5. The molecule has 0 aromatic heterocycles. The van der Waals surface area contributed by atoms with E-state index in [1.165, 1.54) is 0 Å². The van der Waals surface area contributed by atoms with Crippen LogP contribution in [-0.4, -0.2) is 53.5 Å². The third kappa shape index (κ3) is 2.97. The lowest BCUT2D eigenvalue weighted by Gasteiger charge is -2.24. The minimum Gasteiger partial charge on any atom is -0.373 e. The van der Waals surface area contributed by atoms with Crippen LogP contribution in [0.2, 0.25) is 0 Å². The van der Waals surface area contributed by atoms with Crippen LogP contribution in [0.4, 0.5) is 0 Å². The van der Waals surface area contributed by atoms with Crippen molar-refractivity contribution in [1.29, 1.82) is 0 Å². The molecule has 0 saturated carbocycles. The fourth-order valence-corrected chi connectivity index (χ4v) is 3.80. The van der Waals surface area contributed by atoms with Crippen molar-refractivity contribution in [2.24, 2.45) is 17.6 Å². The minimum atomic E-state index is -0.780. The topological polar surface area (TPSA) is 102 Å². The van der Waals surface area contributed by atoms with E-state index in [4.69, 9.17) is 10.5 Å². The van der Waals surface area contributed by atoms with Gasteiger partial charge in [-0.1, -0.05) is 0 Å². The van der Waals surface area contributed by atoms with Crippen molar-refractivity contribution in [3.8, 4) is 0 Å². The predicted molar refractivity (Wildman–Crippen MR) is 84.7 cm³/mol. The van der Waals surface area contributed by atoms with Gasteiger partial charge in [-0.2, -0.15) is 0 Å². The molecule has 23 heavy (non-hydrogen) atoms. The number of nitrogens with one attached hydrogen (secondary N) is 1. The Morgan fingerprint density at radius 3 is 2.26 bits per heavy atom. The molecule has 0 aliphatic carbocycles. The summed E-state index contributed by atoms with van der Waals surface area (Å²) in [6, 6.07) is -0.782. The third-order valence-electron chi connectivity index (χ3n) is 4.98. The standard InChI is InChI=1S/C15H23N3O4.ClH/c1-7(16)5-6-17-13(19)8(2)18-14(20)11-9-3-4-10(22-9)12(11)15(18)21;/h7-12H,3-6,16H2,1-2H3,(H,17,19);1H. The first kappa shape index (κ1) is 18.2. The molecule has 3 heterocycles. The van der Waals surface area contributed by atoms with Crippen molar-refractivity contribution in [2.45, 2.75) is 57.4 Å². The lowest BCUT2D eigenvalue weighted by Crippen LogP contribution is -2.49. The summed E-state index contributed by atoms with van der Waals surface area (Å²) >= 11 is 0. The molecule has 8 heteroatoms. The second-order valence-corrected chi connectivity index (χ2v) is 6.62. The van der Waals surface area contributed by atoms with Gasteiger partial charge < -0.3 is 15.8 Å². The number of rotatable bonds is 5. The van der Waals surface area contributed by atoms with Gasteiger partial charge in [0.05, 0.1) is 24.0 Å². The molecule has 0 aromatic rings. The maximum absolute atomic E-state index is 12.5. The summed E-state index contributed by atoms with van der Waals surface area (Å²) in [7, 11) is 0. The highest BCUT2D eigenvalue weighted by molar-refractivity contribution is 6.09. The predicted octanol–water partition coefficient (Wildman–Crippen LogP) is -0.187. The van der Waals surface area contributed by atoms with Gasteiger partial charge in [-0.25, -0.2) is 0 Å². The van der Waals surface area contributed by atoms with Crippen molar-refractivity contribution >= 4 is 30.1 Å². The molecule has 6 unspecified atom stereocenters. The lowest BCUT2D eigenvalue weighted by molar-refractivity contribution is -0.149. The quantitative estimate of drug-likeness (QED) is 0.673. The molecule has 3 rings (SSSR count). The number of halogens is 1. The largest absolute Gasteiger partial charge is 0.373 e. The zero-order valence-electron chi connectivity index (χ0n) is 13.4. The summed E-state index contributed by atoms with van der Waals surface area (Å²) in [6.07, 6.45) is 2.01. The van der Waals surface area contributed by atoms with E-state index in [2.05, 4.69) is 5.32 Å². The summed E-state index contributed by atoms with van der Waals surface area (Å²) in [5, 5.41) is 2.74. The van der Waals surface area contributed by atoms with Gasteiger partial charge in [-0.15, -0.1) is 12.4 Å². The van der Waals surface area contributed by atoms with E-state index in [0.29, 0.717) is 13.0 Å². The minimum absolute atomic E-state index is 0. The zero-order chi connectivity index (χ0) is 16.0. The second-order valence-electron chi connectivity index (χ2n) is 6.62. The molecule has 3 aliphatic heterocycles. The molecule has 0 aromatic carbocycles. The van der Waals surface area contributed by atoms with Gasteiger partial charge >= 0.3 is 0 Å². The Morgan fingerprint density at radius 2 is 1.78 bits per heavy atom. The SMILES string of the molecule is CC(N)CCNC(=O)C(C)N1C(=O)C2C3CCC(O3)C2C1=O.Cl. The molecule has 3 fully saturated rings. The number of ether oxygens (including phenoxy) is 1. The van der Waals surface area contributed by atoms with Gasteiger partial charge in [0, 0.05) is 12.6 Å². The maximum Gasteiger partial charge on any atom is 0.243 e. The van der Waals surface area contributed by atoms with Crippen LogP contribution in [0, 0.1) is 11.8 Å². The van der Waals surface area contributed by atoms with E-state index in [9.17, 15) is 14.4 Å². The van der Waals surface area contributed by atoms with E-state index in [1.807, 2.05) is 6.92 Å². The van der Waals surface area contributed by atoms with Crippen LogP contribution in [0.1, 0.15) is 33.1 Å². The van der Waals surface area contributed by atoms with Gasteiger partial charge in [0.1, 0.15) is 6.04 Å². The van der Waals surface area contributed by atoms with Gasteiger partial charge in [0.15, 0.2) is 0 Å². The van der Waals surface area contributed by atoms with E-state index < -0.39 is 6.04 Å². The van der Waals surface area contributed by atoms with Crippen LogP contribution in [0.5, 0.6) is 0 Å². The second kappa shape index (κ2) is 6.75. The summed E-state index contributed by atoms with van der Waals surface area (Å²) in [5.74, 6) is -1.58. The Balaban J connectivity index is 0.00000192. The van der Waals surface area contributed by atoms with Crippen LogP contribution in [-0.2, 0) is 19.1 Å². The Morgan fingerprint density at radius 1 is 1.26 bits per heavy atom. The highest BCUT2D eigenvalue weighted by Crippen LogP contribution is 2.48. The fourth-order valence-electron chi connectivity index (χ4n) is 3.80. The first-order valence-electron chi connectivity index (χ1n) is 7.97. The van der Waals surface area contributed by atoms with Crippen molar-refractivity contribution < 1.29 is 19.1 Å². The number of carbonyl (C=O) groups excluding carboxylic acids is 3. The third-order valence-corrected chi connectivity index (χ3v) is 4.98. The van der Waals surface area contributed by atoms with Crippen molar-refractivity contribution in [2.75, 3.05) is 6.54 Å². The number of nitrogens with zero attached hydrogens (tertiary/aromatic N) is 1. The lowest BCUT2D eigenvalue weighted by atomic mass is 9.81. The normalized spacial score (nSPS) is 34.1. The molecule has 3 N–H and O–H groups in total. The summed E-state index contributed by atoms with van der Waals surface area (Å²) in [4.78, 5) is 38.4. The maximum atomic E-state index is 12.5. The van der Waals surface area contributed by atoms with Gasteiger partial charge in [0.2, 0.25) is 17.7 Å². The van der Waals surface area contributed by atoms with Gasteiger partial charge in [-0.05, 0) is 33.1 Å². The summed E-state index contributed by atoms with van der Waals surface area (Å²) < 4.78 is 5.68. The molecule has 130 valence electrons. The van der Waals surface area contributed by atoms with Gasteiger partial charge in [0.25, 0.3) is 0 Å². The molecular formula is C15H24ClN3O4. The number of amides is 3. The highest BCUT2D eigenvalue weighted by Gasteiger charge is 2.63. The Labute approximate surface area is 141 Å². The van der Waals surface area contributed by atoms with Crippen molar-refractivity contribution in [3.63, 3.8) is 0 Å². The average molecular weight is 346 g/mol. The number of carbonyl (C=O) groups is 3. The van der Waals surface area contributed by atoms with Crippen molar-refractivity contribution in [3.05, 3.63) is 0 Å². The molecule has 3 saturated heterocycles. The van der Waals surface area contributed by atoms with E-state index in [0.717, 1.165) is 17.7 Å². The molecule has 0 spiro atoms. The number of likely N-dealkylation sites (tertiary alicyclic amines) is 1. The van der Waals surface area contributed by atoms with Crippen molar-refractivity contribution in [1.82, 2.24) is 10.2 Å². The number of fused-ring (bicyclic) bond motifs is 5. The van der Waals surface area contributed by atoms with E-state index >= 15 is 0 Å². The smallest absolute Gasteiger partial charge is 0.243 e. The van der Waals surface area contributed by atoms with Crippen LogP contribution in [0.25, 0.3) is 0 Å². The van der Waals surface area contributed by atoms with Crippen LogP contribution in [0.15, 0.2) is 0 Å². The summed E-state index contributed by atoms with van der Waals surface area (Å²) in [6.45, 7) is 3.90. The van der Waals surface area contributed by atoms with Crippen LogP contribution < -0.4 is 11.1 Å². The van der Waals surface area contributed by atoms with E-state index in [-0.39, 0.29) is 60.2 Å². The molecule has 2 bridgehead atoms. The van der Waals surface area contributed by atoms with E-state index in [1.54, 1.807) is 6.92 Å². The number of hydrogen-bond donors (Lipinski definition) is 2. The Hall–Kier alpha value is -1.18. The molecule has 6 atom stereocenters. The fraction of sp³-hybridized carbons (Fsp3) is 0.800. The monoisotopic (exact) mass is 345 g/mol. The molecular weight excluding hydrogens is 322 g/mol. The molecule has 3 amide bonds.